The van der Waals surface area contributed by atoms with Gasteiger partial charge in [-0.05, 0) is 50.6 Å². The summed E-state index contributed by atoms with van der Waals surface area (Å²) in [5.74, 6) is 0.611. The number of ether oxygens (including phenoxy) is 1. The summed E-state index contributed by atoms with van der Waals surface area (Å²) in [6, 6.07) is 9.80. The Morgan fingerprint density at radius 3 is 2.79 bits per heavy atom. The number of nitro benzene ring substituents is 1. The number of hydrogen-bond acceptors (Lipinski definition) is 6. The fourth-order valence-electron chi connectivity index (χ4n) is 2.68. The van der Waals surface area contributed by atoms with Crippen molar-refractivity contribution in [3.8, 4) is 5.75 Å². The van der Waals surface area contributed by atoms with Crippen LogP contribution in [-0.4, -0.2) is 26.9 Å². The molecule has 2 aromatic carbocycles. The van der Waals surface area contributed by atoms with Crippen LogP contribution >= 0.6 is 15.9 Å². The van der Waals surface area contributed by atoms with Gasteiger partial charge in [0, 0.05) is 16.1 Å². The van der Waals surface area contributed by atoms with E-state index in [1.807, 2.05) is 19.9 Å². The van der Waals surface area contributed by atoms with Gasteiger partial charge in [0.1, 0.15) is 5.82 Å². The van der Waals surface area contributed by atoms with E-state index in [-0.39, 0.29) is 23.1 Å². The summed E-state index contributed by atoms with van der Waals surface area (Å²) in [6.07, 6.45) is 1.98. The largest absolute Gasteiger partial charge is 0.484 e. The third-order valence-electron chi connectivity index (χ3n) is 4.38. The Bertz CT molecular complexity index is 1170. The average Bonchev–Trinajstić information content (AvgIpc) is 2.69. The van der Waals surface area contributed by atoms with Crippen LogP contribution in [0.3, 0.4) is 0 Å². The van der Waals surface area contributed by atoms with Crippen LogP contribution in [-0.2, 0) is 0 Å². The van der Waals surface area contributed by atoms with Gasteiger partial charge in [0.15, 0.2) is 5.75 Å². The molecule has 0 saturated heterocycles. The molecule has 0 aliphatic heterocycles. The van der Waals surface area contributed by atoms with E-state index in [0.717, 1.165) is 10.9 Å². The van der Waals surface area contributed by atoms with Crippen LogP contribution in [0.5, 0.6) is 5.75 Å². The minimum absolute atomic E-state index is 0.141. The van der Waals surface area contributed by atoms with Crippen molar-refractivity contribution in [2.45, 2.75) is 33.3 Å². The van der Waals surface area contributed by atoms with E-state index in [2.05, 4.69) is 26.0 Å². The molecule has 8 nitrogen and oxygen atoms in total. The number of fused-ring (bicyclic) bond motifs is 1. The van der Waals surface area contributed by atoms with Crippen LogP contribution in [0.4, 0.5) is 5.69 Å². The summed E-state index contributed by atoms with van der Waals surface area (Å²) >= 11 is 3.35. The van der Waals surface area contributed by atoms with Crippen LogP contribution in [0.1, 0.15) is 31.7 Å². The number of nitrogens with zero attached hydrogens (tertiary/aromatic N) is 4. The number of halogens is 1. The molecule has 0 fully saturated rings. The molecular weight excluding hydrogens is 440 g/mol. The highest BCUT2D eigenvalue weighted by atomic mass is 79.9. The molecule has 0 radical (unpaired) electrons. The smallest absolute Gasteiger partial charge is 0.311 e. The maximum absolute atomic E-state index is 12.8. The molecule has 0 unspecified atom stereocenters. The molecule has 1 aromatic heterocycles. The van der Waals surface area contributed by atoms with Gasteiger partial charge in [0.2, 0.25) is 0 Å². The van der Waals surface area contributed by atoms with Crippen LogP contribution in [0.15, 0.2) is 50.8 Å². The van der Waals surface area contributed by atoms with Gasteiger partial charge in [-0.15, -0.1) is 0 Å². The first-order chi connectivity index (χ1) is 13.8. The predicted octanol–water partition coefficient (Wildman–Crippen LogP) is 4.44. The molecule has 0 spiro atoms. The maximum Gasteiger partial charge on any atom is 0.311 e. The van der Waals surface area contributed by atoms with E-state index in [4.69, 9.17) is 4.74 Å². The highest BCUT2D eigenvalue weighted by Crippen LogP contribution is 2.28. The van der Waals surface area contributed by atoms with E-state index in [1.165, 1.54) is 23.0 Å². The number of aromatic nitrogens is 2. The second-order valence-electron chi connectivity index (χ2n) is 6.50. The fourth-order valence-corrected chi connectivity index (χ4v) is 3.04. The number of aryl methyl sites for hydroxylation is 1. The molecule has 0 bridgehead atoms. The number of nitro groups is 1. The Labute approximate surface area is 175 Å². The van der Waals surface area contributed by atoms with Crippen molar-refractivity contribution in [2.24, 2.45) is 5.10 Å². The van der Waals surface area contributed by atoms with Gasteiger partial charge >= 0.3 is 5.69 Å². The monoisotopic (exact) mass is 458 g/mol. The van der Waals surface area contributed by atoms with E-state index in [9.17, 15) is 14.9 Å². The molecule has 0 aliphatic carbocycles. The molecule has 1 heterocycles. The molecule has 3 rings (SSSR count). The molecule has 0 N–H and O–H groups in total. The van der Waals surface area contributed by atoms with Crippen LogP contribution in [0.2, 0.25) is 0 Å². The second-order valence-corrected chi connectivity index (χ2v) is 7.42. The second kappa shape index (κ2) is 8.52. The van der Waals surface area contributed by atoms with Crippen molar-refractivity contribution in [2.75, 3.05) is 0 Å². The summed E-state index contributed by atoms with van der Waals surface area (Å²) in [6.45, 7) is 5.46. The standard InChI is InChI=1S/C20H19BrN4O4/c1-4-12(2)29-19-8-5-14(9-18(19)25(27)28)11-22-24-13(3)23-17-7-6-15(21)10-16(17)20(24)26/h5-12H,4H2,1-3H3/t12-/m1/s1. The predicted molar refractivity (Wildman–Crippen MR) is 115 cm³/mol. The summed E-state index contributed by atoms with van der Waals surface area (Å²) in [7, 11) is 0. The van der Waals surface area contributed by atoms with Crippen molar-refractivity contribution >= 4 is 38.7 Å². The lowest BCUT2D eigenvalue weighted by Crippen LogP contribution is -2.20. The zero-order chi connectivity index (χ0) is 21.1. The lowest BCUT2D eigenvalue weighted by atomic mass is 10.2. The Balaban J connectivity index is 2.01. The SMILES string of the molecule is CC[C@@H](C)Oc1ccc(C=Nn2c(C)nc3ccc(Br)cc3c2=O)cc1[N+](=O)[O-]. The van der Waals surface area contributed by atoms with Crippen molar-refractivity contribution in [3.05, 3.63) is 72.7 Å². The summed E-state index contributed by atoms with van der Waals surface area (Å²) in [5.41, 5.74) is 0.563. The van der Waals surface area contributed by atoms with E-state index < -0.39 is 4.92 Å². The summed E-state index contributed by atoms with van der Waals surface area (Å²) in [4.78, 5) is 28.1. The Morgan fingerprint density at radius 2 is 2.10 bits per heavy atom. The van der Waals surface area contributed by atoms with Crippen molar-refractivity contribution in [1.29, 1.82) is 0 Å². The zero-order valence-electron chi connectivity index (χ0n) is 16.1. The summed E-state index contributed by atoms with van der Waals surface area (Å²) < 4.78 is 7.55. The van der Waals surface area contributed by atoms with Crippen molar-refractivity contribution in [1.82, 2.24) is 9.66 Å². The first kappa shape index (κ1) is 20.7. The van der Waals surface area contributed by atoms with Gasteiger partial charge < -0.3 is 4.74 Å². The van der Waals surface area contributed by atoms with Gasteiger partial charge in [-0.25, -0.2) is 4.98 Å². The Kier molecular flexibility index (Phi) is 6.07. The van der Waals surface area contributed by atoms with E-state index in [0.29, 0.717) is 22.3 Å². The van der Waals surface area contributed by atoms with Crippen LogP contribution in [0.25, 0.3) is 10.9 Å². The molecule has 0 amide bonds. The normalized spacial score (nSPS) is 12.4. The highest BCUT2D eigenvalue weighted by Gasteiger charge is 2.17. The number of benzene rings is 2. The van der Waals surface area contributed by atoms with Gasteiger partial charge in [0.05, 0.1) is 28.1 Å². The van der Waals surface area contributed by atoms with Crippen molar-refractivity contribution in [3.63, 3.8) is 0 Å². The van der Waals surface area contributed by atoms with Gasteiger partial charge in [-0.1, -0.05) is 22.9 Å². The minimum Gasteiger partial charge on any atom is -0.484 e. The Morgan fingerprint density at radius 1 is 1.34 bits per heavy atom. The summed E-state index contributed by atoms with van der Waals surface area (Å²) in [5, 5.41) is 16.0. The topological polar surface area (TPSA) is 99.6 Å². The van der Waals surface area contributed by atoms with Gasteiger partial charge in [0.25, 0.3) is 5.56 Å². The lowest BCUT2D eigenvalue weighted by Gasteiger charge is -2.12. The molecular formula is C20H19BrN4O4. The number of hydrogen-bond donors (Lipinski definition) is 0. The highest BCUT2D eigenvalue weighted by molar-refractivity contribution is 9.10. The molecule has 29 heavy (non-hydrogen) atoms. The first-order valence-electron chi connectivity index (χ1n) is 8.98. The molecule has 150 valence electrons. The minimum atomic E-state index is -0.498. The van der Waals surface area contributed by atoms with Crippen molar-refractivity contribution < 1.29 is 9.66 Å². The van der Waals surface area contributed by atoms with Gasteiger partial charge in [-0.3, -0.25) is 14.9 Å². The third kappa shape index (κ3) is 4.51. The zero-order valence-corrected chi connectivity index (χ0v) is 17.7. The quantitative estimate of drug-likeness (QED) is 0.308. The van der Waals surface area contributed by atoms with Crippen LogP contribution < -0.4 is 10.3 Å². The molecule has 0 aliphatic rings. The third-order valence-corrected chi connectivity index (χ3v) is 4.87. The van der Waals surface area contributed by atoms with Gasteiger partial charge in [-0.2, -0.15) is 9.78 Å². The van der Waals surface area contributed by atoms with E-state index >= 15 is 0 Å². The fraction of sp³-hybridized carbons (Fsp3) is 0.250. The van der Waals surface area contributed by atoms with E-state index in [1.54, 1.807) is 25.1 Å². The number of rotatable bonds is 6. The molecule has 9 heteroatoms. The lowest BCUT2D eigenvalue weighted by molar-refractivity contribution is -0.386. The average molecular weight is 459 g/mol. The maximum atomic E-state index is 12.8. The molecule has 3 aromatic rings. The van der Waals surface area contributed by atoms with Crippen LogP contribution in [0, 0.1) is 17.0 Å². The molecule has 1 atom stereocenters. The Hall–Kier alpha value is -3.07. The first-order valence-corrected chi connectivity index (χ1v) is 9.77. The molecule has 0 saturated carbocycles.